The van der Waals surface area contributed by atoms with Crippen LogP contribution in [0.4, 0.5) is 4.79 Å². The van der Waals surface area contributed by atoms with Crippen LogP contribution in [0.1, 0.15) is 43.1 Å². The topological polar surface area (TPSA) is 56.2 Å². The molecule has 0 spiro atoms. The van der Waals surface area contributed by atoms with Crippen molar-refractivity contribution in [2.45, 2.75) is 52.7 Å². The van der Waals surface area contributed by atoms with Gasteiger partial charge in [0.15, 0.2) is 0 Å². The highest BCUT2D eigenvalue weighted by atomic mass is 32.1. The van der Waals surface area contributed by atoms with E-state index in [1.54, 1.807) is 0 Å². The minimum atomic E-state index is -0.470. The molecule has 0 aliphatic heterocycles. The summed E-state index contributed by atoms with van der Waals surface area (Å²) in [5, 5.41) is 2.78. The first-order valence-corrected chi connectivity index (χ1v) is 8.72. The van der Waals surface area contributed by atoms with Crippen LogP contribution in [-0.2, 0) is 24.1 Å². The van der Waals surface area contributed by atoms with Crippen LogP contribution in [0.2, 0.25) is 0 Å². The third kappa shape index (κ3) is 5.71. The second-order valence-electron chi connectivity index (χ2n) is 6.41. The zero-order valence-corrected chi connectivity index (χ0v) is 15.1. The molecule has 0 atom stereocenters. The van der Waals surface area contributed by atoms with Crippen LogP contribution in [0, 0.1) is 0 Å². The molecule has 6 heteroatoms. The number of amides is 1. The average molecular weight is 335 g/mol. The predicted octanol–water partition coefficient (Wildman–Crippen LogP) is 3.62. The molecule has 0 aliphatic rings. The Morgan fingerprint density at radius 3 is 2.74 bits per heavy atom. The number of imidazole rings is 1. The van der Waals surface area contributed by atoms with Gasteiger partial charge < -0.3 is 14.6 Å². The van der Waals surface area contributed by atoms with E-state index in [1.165, 1.54) is 9.75 Å². The molecule has 0 bridgehead atoms. The molecule has 0 aliphatic carbocycles. The molecular formula is C17H25N3O2S. The first kappa shape index (κ1) is 17.5. The van der Waals surface area contributed by atoms with E-state index in [0.717, 1.165) is 25.1 Å². The van der Waals surface area contributed by atoms with Gasteiger partial charge in [0, 0.05) is 34.6 Å². The monoisotopic (exact) mass is 335 g/mol. The summed E-state index contributed by atoms with van der Waals surface area (Å²) in [6.45, 7) is 9.09. The first-order chi connectivity index (χ1) is 10.9. The van der Waals surface area contributed by atoms with Gasteiger partial charge in [-0.05, 0) is 39.3 Å². The summed E-state index contributed by atoms with van der Waals surface area (Å²) >= 11 is 1.84. The van der Waals surface area contributed by atoms with E-state index in [-0.39, 0.29) is 6.09 Å². The molecule has 126 valence electrons. The maximum Gasteiger partial charge on any atom is 0.407 e. The van der Waals surface area contributed by atoms with Gasteiger partial charge in [0.05, 0.1) is 12.9 Å². The molecule has 5 nitrogen and oxygen atoms in total. The summed E-state index contributed by atoms with van der Waals surface area (Å²) in [6, 6.07) is 4.35. The number of thiophene rings is 1. The largest absolute Gasteiger partial charge is 0.444 e. The Morgan fingerprint density at radius 2 is 2.09 bits per heavy atom. The van der Waals surface area contributed by atoms with Crippen LogP contribution in [-0.4, -0.2) is 27.8 Å². The maximum atomic E-state index is 11.6. The Kier molecular flexibility index (Phi) is 5.82. The van der Waals surface area contributed by atoms with Crippen LogP contribution in [0.15, 0.2) is 24.7 Å². The number of ether oxygens (including phenoxy) is 1. The second kappa shape index (κ2) is 7.64. The molecule has 2 rings (SSSR count). The summed E-state index contributed by atoms with van der Waals surface area (Å²) < 4.78 is 7.35. The van der Waals surface area contributed by atoms with E-state index in [2.05, 4.69) is 33.9 Å². The zero-order valence-electron chi connectivity index (χ0n) is 14.3. The van der Waals surface area contributed by atoms with Crippen molar-refractivity contribution in [1.82, 2.24) is 14.9 Å². The van der Waals surface area contributed by atoms with E-state index in [4.69, 9.17) is 4.74 Å². The molecule has 0 fully saturated rings. The number of hydrogen-bond donors (Lipinski definition) is 1. The Morgan fingerprint density at radius 1 is 1.35 bits per heavy atom. The highest BCUT2D eigenvalue weighted by Gasteiger charge is 2.15. The van der Waals surface area contributed by atoms with Crippen LogP contribution in [0.5, 0.6) is 0 Å². The van der Waals surface area contributed by atoms with Gasteiger partial charge in [-0.2, -0.15) is 0 Å². The summed E-state index contributed by atoms with van der Waals surface area (Å²) in [5.74, 6) is 0. The quantitative estimate of drug-likeness (QED) is 0.877. The Balaban J connectivity index is 1.85. The average Bonchev–Trinajstić information content (AvgIpc) is 3.07. The van der Waals surface area contributed by atoms with Crippen molar-refractivity contribution < 1.29 is 9.53 Å². The molecule has 0 radical (unpaired) electrons. The number of hydrogen-bond acceptors (Lipinski definition) is 4. The van der Waals surface area contributed by atoms with Crippen molar-refractivity contribution in [2.75, 3.05) is 6.54 Å². The van der Waals surface area contributed by atoms with Gasteiger partial charge in [0.2, 0.25) is 0 Å². The lowest BCUT2D eigenvalue weighted by molar-refractivity contribution is 0.0528. The Labute approximate surface area is 141 Å². The zero-order chi connectivity index (χ0) is 16.9. The van der Waals surface area contributed by atoms with Crippen molar-refractivity contribution >= 4 is 17.4 Å². The number of aryl methyl sites for hydroxylation is 1. The van der Waals surface area contributed by atoms with Crippen molar-refractivity contribution in [3.8, 4) is 0 Å². The van der Waals surface area contributed by atoms with Gasteiger partial charge in [-0.1, -0.05) is 6.92 Å². The first-order valence-electron chi connectivity index (χ1n) is 7.91. The van der Waals surface area contributed by atoms with Crippen LogP contribution in [0.25, 0.3) is 0 Å². The van der Waals surface area contributed by atoms with Crippen molar-refractivity contribution in [1.29, 1.82) is 0 Å². The fourth-order valence-electron chi connectivity index (χ4n) is 2.17. The van der Waals surface area contributed by atoms with E-state index >= 15 is 0 Å². The molecule has 2 aromatic heterocycles. The van der Waals surface area contributed by atoms with Crippen molar-refractivity contribution in [2.24, 2.45) is 0 Å². The molecule has 0 saturated carbocycles. The predicted molar refractivity (Wildman–Crippen MR) is 93.0 cm³/mol. The summed E-state index contributed by atoms with van der Waals surface area (Å²) in [5.41, 5.74) is 0.634. The third-order valence-electron chi connectivity index (χ3n) is 3.24. The molecule has 2 heterocycles. The van der Waals surface area contributed by atoms with Crippen LogP contribution < -0.4 is 5.32 Å². The van der Waals surface area contributed by atoms with Gasteiger partial charge in [-0.15, -0.1) is 11.3 Å². The van der Waals surface area contributed by atoms with Gasteiger partial charge in [0.25, 0.3) is 0 Å². The summed E-state index contributed by atoms with van der Waals surface area (Å²) in [4.78, 5) is 18.6. The molecule has 23 heavy (non-hydrogen) atoms. The Bertz CT molecular complexity index is 640. The van der Waals surface area contributed by atoms with Crippen molar-refractivity contribution in [3.63, 3.8) is 0 Å². The number of aromatic nitrogens is 2. The minimum Gasteiger partial charge on any atom is -0.444 e. The summed E-state index contributed by atoms with van der Waals surface area (Å²) in [6.07, 6.45) is 5.11. The van der Waals surface area contributed by atoms with Gasteiger partial charge in [0.1, 0.15) is 5.60 Å². The SMILES string of the molecule is CCc1ccc(Cn2cncc2CCNC(=O)OC(C)(C)C)s1. The van der Waals surface area contributed by atoms with Gasteiger partial charge in [-0.25, -0.2) is 9.78 Å². The molecule has 0 aromatic carbocycles. The number of nitrogens with zero attached hydrogens (tertiary/aromatic N) is 2. The smallest absolute Gasteiger partial charge is 0.407 e. The molecule has 0 unspecified atom stereocenters. The summed E-state index contributed by atoms with van der Waals surface area (Å²) in [7, 11) is 0. The number of nitrogens with one attached hydrogen (secondary N) is 1. The van der Waals surface area contributed by atoms with Crippen LogP contribution >= 0.6 is 11.3 Å². The number of carbonyl (C=O) groups is 1. The molecule has 1 N–H and O–H groups in total. The number of rotatable bonds is 6. The van der Waals surface area contributed by atoms with Crippen molar-refractivity contribution in [3.05, 3.63) is 40.1 Å². The van der Waals surface area contributed by atoms with E-state index in [9.17, 15) is 4.79 Å². The molecule has 2 aromatic rings. The lowest BCUT2D eigenvalue weighted by Gasteiger charge is -2.19. The van der Waals surface area contributed by atoms with E-state index in [0.29, 0.717) is 6.54 Å². The fraction of sp³-hybridized carbons (Fsp3) is 0.529. The number of carbonyl (C=O) groups excluding carboxylic acids is 1. The van der Waals surface area contributed by atoms with Gasteiger partial charge in [-0.3, -0.25) is 0 Å². The van der Waals surface area contributed by atoms with E-state index in [1.807, 2.05) is 44.6 Å². The molecule has 1 amide bonds. The van der Waals surface area contributed by atoms with Gasteiger partial charge >= 0.3 is 6.09 Å². The highest BCUT2D eigenvalue weighted by Crippen LogP contribution is 2.18. The van der Waals surface area contributed by atoms with E-state index < -0.39 is 5.60 Å². The lowest BCUT2D eigenvalue weighted by atomic mass is 10.2. The molecular weight excluding hydrogens is 310 g/mol. The standard InChI is InChI=1S/C17H25N3O2S/c1-5-14-6-7-15(23-14)11-20-12-18-10-13(20)8-9-19-16(21)22-17(2,3)4/h6-7,10,12H,5,8-9,11H2,1-4H3,(H,19,21). The maximum absolute atomic E-state index is 11.6. The highest BCUT2D eigenvalue weighted by molar-refractivity contribution is 7.11. The molecule has 0 saturated heterocycles. The lowest BCUT2D eigenvalue weighted by Crippen LogP contribution is -2.33. The van der Waals surface area contributed by atoms with Crippen LogP contribution in [0.3, 0.4) is 0 Å². The third-order valence-corrected chi connectivity index (χ3v) is 4.45. The minimum absolute atomic E-state index is 0.380. The number of alkyl carbamates (subject to hydrolysis) is 1. The second-order valence-corrected chi connectivity index (χ2v) is 7.67. The Hall–Kier alpha value is -1.82. The fourth-order valence-corrected chi connectivity index (χ4v) is 3.13. The normalized spacial score (nSPS) is 11.5.